The minimum Gasteiger partial charge on any atom is -0.298 e. The van der Waals surface area contributed by atoms with Gasteiger partial charge in [-0.05, 0) is 18.2 Å². The molecule has 0 heterocycles. The summed E-state index contributed by atoms with van der Waals surface area (Å²) in [7, 11) is 1.39. The number of benzene rings is 1. The van der Waals surface area contributed by atoms with Crippen LogP contribution in [-0.4, -0.2) is 13.4 Å². The van der Waals surface area contributed by atoms with Crippen LogP contribution in [0.25, 0.3) is 0 Å². The van der Waals surface area contributed by atoms with Gasteiger partial charge in [0, 0.05) is 5.56 Å². The Hall–Kier alpha value is -1.28. The van der Waals surface area contributed by atoms with Crippen LogP contribution in [0, 0.1) is 0 Å². The predicted octanol–water partition coefficient (Wildman–Crippen LogP) is 4.32. The molecule has 0 aliphatic rings. The van der Waals surface area contributed by atoms with Crippen LogP contribution in [0.1, 0.15) is 21.5 Å². The molecule has 1 rings (SSSR count). The number of carbonyl (C=O) groups excluding carboxylic acids is 1. The molecule has 2 nitrogen and oxygen atoms in total. The van der Waals surface area contributed by atoms with E-state index in [0.717, 1.165) is 0 Å². The van der Waals surface area contributed by atoms with Crippen LogP contribution in [0.15, 0.2) is 18.2 Å². The third-order valence-electron chi connectivity index (χ3n) is 1.75. The minimum atomic E-state index is -4.92. The van der Waals surface area contributed by atoms with Gasteiger partial charge < -0.3 is 0 Å². The molecule has 0 amide bonds. The van der Waals surface area contributed by atoms with E-state index < -0.39 is 29.0 Å². The molecule has 0 saturated carbocycles. The molecule has 0 aromatic heterocycles. The number of hydrogen-bond acceptors (Lipinski definition) is 2. The van der Waals surface area contributed by atoms with Gasteiger partial charge in [-0.25, -0.2) is 0 Å². The molecule has 0 aliphatic heterocycles. The first-order valence-corrected chi connectivity index (χ1v) is 4.76. The number of aldehydes is 1. The van der Waals surface area contributed by atoms with E-state index in [1.165, 1.54) is 7.11 Å². The number of hydrogen-bond donors (Lipinski definition) is 0. The Labute approximate surface area is 109 Å². The van der Waals surface area contributed by atoms with Gasteiger partial charge in [0.15, 0.2) is 0 Å². The Bertz CT molecular complexity index is 395. The number of carbonyl (C=O) groups is 1. The summed E-state index contributed by atoms with van der Waals surface area (Å²) in [6.07, 6.45) is -9.90. The lowest BCUT2D eigenvalue weighted by Crippen LogP contribution is -2.11. The fraction of sp³-hybridized carbons (Fsp3) is 0.300. The highest BCUT2D eigenvalue weighted by Gasteiger charge is 2.36. The first-order valence-electron chi connectivity index (χ1n) is 4.45. The normalized spacial score (nSPS) is 11.6. The molecular weight excluding hydrogens is 302 g/mol. The second-order valence-electron chi connectivity index (χ2n) is 3.11. The highest BCUT2D eigenvalue weighted by molar-refractivity contribution is 6.07. The summed E-state index contributed by atoms with van der Waals surface area (Å²) in [5, 5.41) is 0. The highest BCUT2D eigenvalue weighted by Crippen LogP contribution is 2.35. The SMILES string of the molecule is COCl.O=Cc1cc(C(F)(F)F)cc(C(F)(F)F)c1. The van der Waals surface area contributed by atoms with E-state index >= 15 is 0 Å². The summed E-state index contributed by atoms with van der Waals surface area (Å²) < 4.78 is 76.9. The second-order valence-corrected chi connectivity index (χ2v) is 3.42. The lowest BCUT2D eigenvalue weighted by Gasteiger charge is -2.12. The molecule has 19 heavy (non-hydrogen) atoms. The molecule has 0 aliphatic carbocycles. The van der Waals surface area contributed by atoms with Crippen LogP contribution in [0.4, 0.5) is 26.3 Å². The largest absolute Gasteiger partial charge is 0.416 e. The van der Waals surface area contributed by atoms with Crippen LogP contribution in [-0.2, 0) is 16.6 Å². The fourth-order valence-corrected chi connectivity index (χ4v) is 1.05. The zero-order valence-corrected chi connectivity index (χ0v) is 10.0. The molecule has 108 valence electrons. The molecule has 0 saturated heterocycles. The van der Waals surface area contributed by atoms with Crippen molar-refractivity contribution < 1.29 is 35.4 Å². The predicted molar refractivity (Wildman–Crippen MR) is 54.7 cm³/mol. The van der Waals surface area contributed by atoms with Gasteiger partial charge in [-0.1, -0.05) is 0 Å². The van der Waals surface area contributed by atoms with Crippen molar-refractivity contribution in [3.63, 3.8) is 0 Å². The Morgan fingerprint density at radius 1 is 1.00 bits per heavy atom. The summed E-state index contributed by atoms with van der Waals surface area (Å²) >= 11 is 4.50. The van der Waals surface area contributed by atoms with E-state index in [1.54, 1.807) is 0 Å². The van der Waals surface area contributed by atoms with Crippen molar-refractivity contribution in [3.8, 4) is 0 Å². The second kappa shape index (κ2) is 6.76. The maximum absolute atomic E-state index is 12.2. The summed E-state index contributed by atoms with van der Waals surface area (Å²) in [6, 6.07) is 0.692. The van der Waals surface area contributed by atoms with Gasteiger partial charge in [0.25, 0.3) is 0 Å². The van der Waals surface area contributed by atoms with Crippen LogP contribution in [0.2, 0.25) is 0 Å². The van der Waals surface area contributed by atoms with Crippen LogP contribution in [0.5, 0.6) is 0 Å². The zero-order chi connectivity index (χ0) is 15.3. The van der Waals surface area contributed by atoms with Gasteiger partial charge in [0.05, 0.1) is 30.1 Å². The van der Waals surface area contributed by atoms with Crippen molar-refractivity contribution in [1.29, 1.82) is 0 Å². The van der Waals surface area contributed by atoms with Gasteiger partial charge in [0.2, 0.25) is 0 Å². The molecule has 0 N–H and O–H groups in total. The summed E-state index contributed by atoms with van der Waals surface area (Å²) in [5.74, 6) is 0. The first kappa shape index (κ1) is 17.7. The van der Waals surface area contributed by atoms with Crippen molar-refractivity contribution in [2.24, 2.45) is 0 Å². The Kier molecular flexibility index (Phi) is 6.31. The summed E-state index contributed by atoms with van der Waals surface area (Å²) in [4.78, 5) is 10.2. The van der Waals surface area contributed by atoms with E-state index in [2.05, 4.69) is 16.2 Å². The average Bonchev–Trinajstić information content (AvgIpc) is 2.27. The highest BCUT2D eigenvalue weighted by atomic mass is 35.5. The van der Waals surface area contributed by atoms with E-state index in [1.807, 2.05) is 0 Å². The quantitative estimate of drug-likeness (QED) is 0.570. The fourth-order valence-electron chi connectivity index (χ4n) is 1.05. The third kappa shape index (κ3) is 5.93. The molecule has 0 unspecified atom stereocenters. The molecule has 1 aromatic carbocycles. The minimum absolute atomic E-state index is 0.0347. The maximum Gasteiger partial charge on any atom is 0.416 e. The van der Waals surface area contributed by atoms with E-state index in [9.17, 15) is 31.1 Å². The standard InChI is InChI=1S/C9H4F6O.CH3ClO/c10-8(11,12)6-1-5(4-16)2-7(3-6)9(13,14)15;1-3-2/h1-4H;1H3. The van der Waals surface area contributed by atoms with Gasteiger partial charge in [0.1, 0.15) is 6.29 Å². The van der Waals surface area contributed by atoms with Crippen molar-refractivity contribution in [1.82, 2.24) is 0 Å². The molecule has 1 aromatic rings. The Morgan fingerprint density at radius 2 is 1.32 bits per heavy atom. The molecule has 0 bridgehead atoms. The first-order chi connectivity index (χ1) is 8.56. The summed E-state index contributed by atoms with van der Waals surface area (Å²) in [6.45, 7) is 0. The van der Waals surface area contributed by atoms with Crippen molar-refractivity contribution >= 4 is 18.2 Å². The third-order valence-corrected chi connectivity index (χ3v) is 1.75. The van der Waals surface area contributed by atoms with E-state index in [-0.39, 0.29) is 12.4 Å². The molecule has 0 spiro atoms. The van der Waals surface area contributed by atoms with Crippen molar-refractivity contribution in [2.45, 2.75) is 12.4 Å². The number of alkyl halides is 6. The lowest BCUT2D eigenvalue weighted by atomic mass is 10.1. The van der Waals surface area contributed by atoms with Gasteiger partial charge in [-0.3, -0.25) is 9.08 Å². The zero-order valence-electron chi connectivity index (χ0n) is 9.27. The lowest BCUT2D eigenvalue weighted by molar-refractivity contribution is -0.143. The number of rotatable bonds is 1. The van der Waals surface area contributed by atoms with Gasteiger partial charge >= 0.3 is 12.4 Å². The van der Waals surface area contributed by atoms with Crippen LogP contribution < -0.4 is 0 Å². The van der Waals surface area contributed by atoms with Crippen LogP contribution in [0.3, 0.4) is 0 Å². The van der Waals surface area contributed by atoms with Gasteiger partial charge in [-0.2, -0.15) is 26.3 Å². The van der Waals surface area contributed by atoms with Gasteiger partial charge in [-0.15, -0.1) is 0 Å². The Morgan fingerprint density at radius 3 is 1.53 bits per heavy atom. The maximum atomic E-state index is 12.2. The topological polar surface area (TPSA) is 26.3 Å². The molecular formula is C10H7ClF6O2. The Balaban J connectivity index is 0.000000982. The molecule has 0 atom stereocenters. The van der Waals surface area contributed by atoms with Crippen molar-refractivity contribution in [2.75, 3.05) is 7.11 Å². The smallest absolute Gasteiger partial charge is 0.298 e. The molecule has 9 heteroatoms. The molecule has 0 fully saturated rings. The summed E-state index contributed by atoms with van der Waals surface area (Å²) in [5.41, 5.74) is -3.66. The number of halogens is 7. The van der Waals surface area contributed by atoms with Crippen molar-refractivity contribution in [3.05, 3.63) is 34.9 Å². The average molecular weight is 309 g/mol. The van der Waals surface area contributed by atoms with E-state index in [0.29, 0.717) is 12.1 Å². The monoisotopic (exact) mass is 308 g/mol. The molecule has 0 radical (unpaired) electrons. The van der Waals surface area contributed by atoms with E-state index in [4.69, 9.17) is 0 Å². The van der Waals surface area contributed by atoms with Crippen LogP contribution >= 0.6 is 11.9 Å².